The van der Waals surface area contributed by atoms with Gasteiger partial charge in [-0.05, 0) is 0 Å². The third-order valence-corrected chi connectivity index (χ3v) is 7.58. The molecule has 0 bridgehead atoms. The van der Waals surface area contributed by atoms with Gasteiger partial charge < -0.3 is 12.4 Å². The predicted octanol–water partition coefficient (Wildman–Crippen LogP) is 2.39. The molecule has 2 heteroatoms. The van der Waals surface area contributed by atoms with Crippen LogP contribution in [0, 0.1) is 0 Å². The van der Waals surface area contributed by atoms with Crippen LogP contribution in [0.15, 0.2) is 59.7 Å². The Balaban J connectivity index is 0.00000144. The summed E-state index contributed by atoms with van der Waals surface area (Å²) in [6.45, 7) is 4.61. The molecule has 0 nitrogen and oxygen atoms in total. The average Bonchev–Trinajstić information content (AvgIpc) is 2.97. The first-order valence-electron chi connectivity index (χ1n) is 7.48. The second kappa shape index (κ2) is 6.12. The van der Waals surface area contributed by atoms with Crippen LogP contribution in [0.3, 0.4) is 0 Å². The molecule has 2 unspecified atom stereocenters. The number of fused-ring (bicyclic) bond motifs is 2. The Morgan fingerprint density at radius 2 is 1.09 bits per heavy atom. The fraction of sp³-hybridized carbons (Fsp3) is 0.200. The molecule has 0 saturated heterocycles. The second-order valence-electron chi connectivity index (χ2n) is 5.99. The van der Waals surface area contributed by atoms with Crippen LogP contribution in [0.4, 0.5) is 0 Å². The molecule has 0 aromatic heterocycles. The molecule has 0 radical (unpaired) electrons. The van der Waals surface area contributed by atoms with Crippen LogP contribution >= 0.6 is 0 Å². The fourth-order valence-corrected chi connectivity index (χ4v) is 6.14. The van der Waals surface area contributed by atoms with Crippen LogP contribution in [-0.4, -0.2) is 0 Å². The maximum Gasteiger partial charge on any atom is -1.00 e. The standard InChI is InChI=1S/2C10H9.ClH.V/c2*1-8-6-9-4-2-3-5-10(9)7-8;;/h2*2-7H,1H3;1H;/q;;;+1/p-1. The predicted molar refractivity (Wildman–Crippen MR) is 85.7 cm³/mol. The minimum Gasteiger partial charge on any atom is -1.00 e. The van der Waals surface area contributed by atoms with Crippen molar-refractivity contribution in [1.29, 1.82) is 0 Å². The van der Waals surface area contributed by atoms with Gasteiger partial charge >= 0.3 is 133 Å². The Morgan fingerprint density at radius 1 is 0.682 bits per heavy atom. The first-order valence-corrected chi connectivity index (χ1v) is 9.09. The first kappa shape index (κ1) is 15.7. The molecule has 0 spiro atoms. The molecule has 0 fully saturated rings. The molecule has 0 amide bonds. The van der Waals surface area contributed by atoms with Crippen molar-refractivity contribution < 1.29 is 28.7 Å². The molecule has 0 saturated carbocycles. The average molecular weight is 345 g/mol. The van der Waals surface area contributed by atoms with Crippen molar-refractivity contribution in [3.8, 4) is 0 Å². The number of rotatable bonds is 2. The summed E-state index contributed by atoms with van der Waals surface area (Å²) in [5.74, 6) is 0. The summed E-state index contributed by atoms with van der Waals surface area (Å²) in [4.78, 5) is 0. The van der Waals surface area contributed by atoms with Gasteiger partial charge in [0.25, 0.3) is 0 Å². The normalized spacial score (nSPS) is 21.4. The summed E-state index contributed by atoms with van der Waals surface area (Å²) in [6, 6.07) is 17.8. The maximum absolute atomic E-state index is 2.38. The third kappa shape index (κ3) is 2.50. The summed E-state index contributed by atoms with van der Waals surface area (Å²) < 4.78 is 1.33. The van der Waals surface area contributed by atoms with E-state index >= 15 is 0 Å². The summed E-state index contributed by atoms with van der Waals surface area (Å²) in [5, 5.41) is 0. The van der Waals surface area contributed by atoms with E-state index in [1.165, 1.54) is 11.1 Å². The van der Waals surface area contributed by atoms with Gasteiger partial charge in [-0.2, -0.15) is 0 Å². The van der Waals surface area contributed by atoms with E-state index in [0.717, 1.165) is 0 Å². The van der Waals surface area contributed by atoms with E-state index in [0.29, 0.717) is 9.26 Å². The van der Waals surface area contributed by atoms with Gasteiger partial charge in [0.05, 0.1) is 0 Å². The smallest absolute Gasteiger partial charge is 1.00 e. The van der Waals surface area contributed by atoms with Crippen LogP contribution in [0.25, 0.3) is 12.2 Å². The van der Waals surface area contributed by atoms with Gasteiger partial charge in [-0.15, -0.1) is 0 Å². The van der Waals surface area contributed by atoms with Crippen LogP contribution < -0.4 is 12.4 Å². The van der Waals surface area contributed by atoms with E-state index in [1.807, 2.05) is 0 Å². The number of allylic oxidation sites excluding steroid dienone is 2. The Kier molecular flexibility index (Phi) is 4.36. The second-order valence-corrected chi connectivity index (χ2v) is 8.07. The molecule has 0 aliphatic heterocycles. The van der Waals surface area contributed by atoms with Crippen molar-refractivity contribution in [1.82, 2.24) is 0 Å². The van der Waals surface area contributed by atoms with E-state index in [9.17, 15) is 0 Å². The van der Waals surface area contributed by atoms with E-state index in [1.54, 1.807) is 22.3 Å². The number of benzene rings is 2. The maximum atomic E-state index is 2.38. The van der Waals surface area contributed by atoms with Crippen molar-refractivity contribution in [2.24, 2.45) is 0 Å². The van der Waals surface area contributed by atoms with E-state index in [2.05, 4.69) is 74.5 Å². The molecule has 0 heterocycles. The molecule has 2 aromatic rings. The summed E-state index contributed by atoms with van der Waals surface area (Å²) in [7, 11) is 0. The van der Waals surface area contributed by atoms with Gasteiger partial charge in [-0.25, -0.2) is 0 Å². The summed E-state index contributed by atoms with van der Waals surface area (Å²) >= 11 is 0.196. The number of hydrogen-bond acceptors (Lipinski definition) is 0. The zero-order valence-corrected chi connectivity index (χ0v) is 14.9. The zero-order valence-electron chi connectivity index (χ0n) is 12.8. The molecular formula is C20H18ClV. The van der Waals surface area contributed by atoms with Crippen molar-refractivity contribution in [3.63, 3.8) is 0 Å². The Morgan fingerprint density at radius 3 is 1.55 bits per heavy atom. The topological polar surface area (TPSA) is 0 Å². The quantitative estimate of drug-likeness (QED) is 0.785. The van der Waals surface area contributed by atoms with Crippen molar-refractivity contribution in [2.75, 3.05) is 0 Å². The third-order valence-electron chi connectivity index (χ3n) is 4.51. The van der Waals surface area contributed by atoms with Gasteiger partial charge in [0.15, 0.2) is 0 Å². The molecule has 110 valence electrons. The van der Waals surface area contributed by atoms with Gasteiger partial charge in [0, 0.05) is 0 Å². The molecule has 0 N–H and O–H groups in total. The number of halogens is 1. The molecule has 2 aromatic carbocycles. The van der Waals surface area contributed by atoms with Crippen LogP contribution in [-0.2, 0) is 16.3 Å². The van der Waals surface area contributed by atoms with Gasteiger partial charge in [-0.3, -0.25) is 0 Å². The number of hydrogen-bond donors (Lipinski definition) is 0. The molecular weight excluding hydrogens is 327 g/mol. The minimum atomic E-state index is 0. The molecule has 2 aliphatic carbocycles. The Hall–Kier alpha value is -1.21. The van der Waals surface area contributed by atoms with Gasteiger partial charge in [0.2, 0.25) is 0 Å². The molecule has 22 heavy (non-hydrogen) atoms. The van der Waals surface area contributed by atoms with Crippen LogP contribution in [0.5, 0.6) is 0 Å². The molecule has 2 aliphatic rings. The molecule has 4 rings (SSSR count). The van der Waals surface area contributed by atoms with Crippen LogP contribution in [0.2, 0.25) is 0 Å². The Labute approximate surface area is 145 Å². The SMILES string of the molecule is CC1=Cc2ccccc2[CH]1[V+][CH]1C(C)=Cc2ccccc21.[Cl-]. The first-order chi connectivity index (χ1) is 10.2. The summed E-state index contributed by atoms with van der Waals surface area (Å²) in [5.41, 5.74) is 9.06. The van der Waals surface area contributed by atoms with Gasteiger partial charge in [0.1, 0.15) is 0 Å². The van der Waals surface area contributed by atoms with Gasteiger partial charge in [-0.1, -0.05) is 0 Å². The zero-order chi connectivity index (χ0) is 14.4. The Bertz CT molecular complexity index is 707. The van der Waals surface area contributed by atoms with E-state index in [4.69, 9.17) is 0 Å². The minimum absolute atomic E-state index is 0. The van der Waals surface area contributed by atoms with Crippen molar-refractivity contribution in [2.45, 2.75) is 23.1 Å². The molecule has 2 atom stereocenters. The summed E-state index contributed by atoms with van der Waals surface area (Å²) in [6.07, 6.45) is 4.77. The fourth-order valence-electron chi connectivity index (χ4n) is 3.47. The van der Waals surface area contributed by atoms with Crippen LogP contribution in [0.1, 0.15) is 45.4 Å². The van der Waals surface area contributed by atoms with E-state index < -0.39 is 0 Å². The monoisotopic (exact) mass is 344 g/mol. The van der Waals surface area contributed by atoms with Crippen molar-refractivity contribution in [3.05, 3.63) is 81.9 Å². The van der Waals surface area contributed by atoms with E-state index in [-0.39, 0.29) is 28.7 Å². The largest absolute Gasteiger partial charge is 1.00 e. The van der Waals surface area contributed by atoms with Crippen molar-refractivity contribution >= 4 is 12.2 Å².